The molecular formula is C24H22F3N. The summed E-state index contributed by atoms with van der Waals surface area (Å²) in [5.74, 6) is 0. The van der Waals surface area contributed by atoms with E-state index >= 15 is 0 Å². The predicted octanol–water partition coefficient (Wildman–Crippen LogP) is 6.42. The van der Waals surface area contributed by atoms with Crippen molar-refractivity contribution in [2.24, 2.45) is 0 Å². The van der Waals surface area contributed by atoms with Gasteiger partial charge in [0, 0.05) is 19.6 Å². The summed E-state index contributed by atoms with van der Waals surface area (Å²) in [5, 5.41) is 0. The Morgan fingerprint density at radius 2 is 1.18 bits per heavy atom. The topological polar surface area (TPSA) is 3.24 Å². The van der Waals surface area contributed by atoms with E-state index in [1.54, 1.807) is 0 Å². The van der Waals surface area contributed by atoms with Crippen LogP contribution in [0.1, 0.15) is 22.3 Å². The lowest BCUT2D eigenvalue weighted by atomic mass is 10.1. The van der Waals surface area contributed by atoms with Crippen molar-refractivity contribution in [1.82, 2.24) is 4.90 Å². The molecule has 0 amide bonds. The minimum Gasteiger partial charge on any atom is -0.291 e. The molecule has 0 N–H and O–H groups in total. The van der Waals surface area contributed by atoms with E-state index < -0.39 is 11.7 Å². The number of hydrogen-bond donors (Lipinski definition) is 0. The van der Waals surface area contributed by atoms with Crippen molar-refractivity contribution in [3.63, 3.8) is 0 Å². The van der Waals surface area contributed by atoms with E-state index in [1.807, 2.05) is 48.6 Å². The zero-order valence-electron chi connectivity index (χ0n) is 15.4. The van der Waals surface area contributed by atoms with Gasteiger partial charge in [-0.2, -0.15) is 13.2 Å². The molecule has 0 radical (unpaired) electrons. The number of benzene rings is 3. The molecule has 0 aliphatic carbocycles. The molecule has 0 fully saturated rings. The Morgan fingerprint density at radius 1 is 0.679 bits per heavy atom. The highest BCUT2D eigenvalue weighted by Gasteiger charge is 2.29. The Bertz CT molecular complexity index is 828. The van der Waals surface area contributed by atoms with Crippen molar-refractivity contribution in [2.75, 3.05) is 6.54 Å². The molecule has 0 bridgehead atoms. The molecule has 4 heteroatoms. The average molecular weight is 381 g/mol. The third kappa shape index (κ3) is 6.10. The first-order valence-electron chi connectivity index (χ1n) is 9.15. The zero-order chi connectivity index (χ0) is 19.8. The standard InChI is InChI=1S/C24H22F3N/c25-24(26,27)23-15-13-20(14-16-23)12-7-17-28(18-21-8-3-1-4-9-21)19-22-10-5-2-6-11-22/h1-16H,17-19H2/b12-7-. The van der Waals surface area contributed by atoms with Gasteiger partial charge in [0.25, 0.3) is 0 Å². The molecule has 0 atom stereocenters. The fraction of sp³-hybridized carbons (Fsp3) is 0.167. The molecule has 0 aliphatic heterocycles. The van der Waals surface area contributed by atoms with Gasteiger partial charge in [-0.15, -0.1) is 0 Å². The Morgan fingerprint density at radius 3 is 1.64 bits per heavy atom. The summed E-state index contributed by atoms with van der Waals surface area (Å²) < 4.78 is 38.0. The third-order valence-electron chi connectivity index (χ3n) is 4.41. The van der Waals surface area contributed by atoms with E-state index in [0.717, 1.165) is 30.8 Å². The van der Waals surface area contributed by atoms with E-state index in [2.05, 4.69) is 29.2 Å². The van der Waals surface area contributed by atoms with E-state index in [1.165, 1.54) is 23.3 Å². The van der Waals surface area contributed by atoms with Crippen LogP contribution in [0.3, 0.4) is 0 Å². The summed E-state index contributed by atoms with van der Waals surface area (Å²) in [6.07, 6.45) is -0.442. The van der Waals surface area contributed by atoms with Crippen molar-refractivity contribution in [2.45, 2.75) is 19.3 Å². The van der Waals surface area contributed by atoms with Crippen LogP contribution >= 0.6 is 0 Å². The van der Waals surface area contributed by atoms with E-state index in [4.69, 9.17) is 0 Å². The van der Waals surface area contributed by atoms with Crippen LogP contribution in [0, 0.1) is 0 Å². The van der Waals surface area contributed by atoms with Crippen LogP contribution in [-0.2, 0) is 19.3 Å². The number of hydrogen-bond acceptors (Lipinski definition) is 1. The first kappa shape index (κ1) is 19.9. The highest BCUT2D eigenvalue weighted by atomic mass is 19.4. The molecule has 1 nitrogen and oxygen atoms in total. The van der Waals surface area contributed by atoms with Gasteiger partial charge < -0.3 is 0 Å². The SMILES string of the molecule is FC(F)(F)c1ccc(/C=C\CN(Cc2ccccc2)Cc2ccccc2)cc1. The first-order chi connectivity index (χ1) is 13.5. The quantitative estimate of drug-likeness (QED) is 0.456. The van der Waals surface area contributed by atoms with Crippen LogP contribution in [0.25, 0.3) is 6.08 Å². The minimum atomic E-state index is -4.30. The lowest BCUT2D eigenvalue weighted by molar-refractivity contribution is -0.137. The second-order valence-electron chi connectivity index (χ2n) is 6.66. The largest absolute Gasteiger partial charge is 0.416 e. The molecule has 0 saturated heterocycles. The van der Waals surface area contributed by atoms with Gasteiger partial charge in [0.15, 0.2) is 0 Å². The van der Waals surface area contributed by atoms with Crippen LogP contribution in [-0.4, -0.2) is 11.4 Å². The Hall–Kier alpha value is -2.85. The van der Waals surface area contributed by atoms with Crippen molar-refractivity contribution >= 4 is 6.08 Å². The summed E-state index contributed by atoms with van der Waals surface area (Å²) >= 11 is 0. The molecule has 0 saturated carbocycles. The smallest absolute Gasteiger partial charge is 0.291 e. The Labute approximate surface area is 163 Å². The molecule has 3 aromatic rings. The molecule has 3 aromatic carbocycles. The fourth-order valence-electron chi connectivity index (χ4n) is 2.99. The molecule has 0 heterocycles. The van der Waals surface area contributed by atoms with Gasteiger partial charge in [-0.25, -0.2) is 0 Å². The number of halogens is 3. The van der Waals surface area contributed by atoms with Gasteiger partial charge in [-0.1, -0.05) is 84.9 Å². The molecule has 3 rings (SSSR count). The molecule has 0 aliphatic rings. The highest BCUT2D eigenvalue weighted by Crippen LogP contribution is 2.29. The number of nitrogens with zero attached hydrogens (tertiary/aromatic N) is 1. The van der Waals surface area contributed by atoms with Gasteiger partial charge in [-0.3, -0.25) is 4.90 Å². The lowest BCUT2D eigenvalue weighted by Gasteiger charge is -2.21. The van der Waals surface area contributed by atoms with Gasteiger partial charge in [0.05, 0.1) is 5.56 Å². The van der Waals surface area contributed by atoms with Gasteiger partial charge in [-0.05, 0) is 28.8 Å². The maximum atomic E-state index is 12.7. The molecule has 0 aromatic heterocycles. The summed E-state index contributed by atoms with van der Waals surface area (Å²) in [4.78, 5) is 2.30. The molecular weight excluding hydrogens is 359 g/mol. The number of alkyl halides is 3. The maximum Gasteiger partial charge on any atom is 0.416 e. The highest BCUT2D eigenvalue weighted by molar-refractivity contribution is 5.50. The minimum absolute atomic E-state index is 0.626. The molecule has 0 unspecified atom stereocenters. The van der Waals surface area contributed by atoms with Gasteiger partial charge in [0.1, 0.15) is 0 Å². The zero-order valence-corrected chi connectivity index (χ0v) is 15.4. The van der Waals surface area contributed by atoms with Gasteiger partial charge >= 0.3 is 6.18 Å². The summed E-state index contributed by atoms with van der Waals surface area (Å²) in [6.45, 7) is 2.30. The molecule has 144 valence electrons. The van der Waals surface area contributed by atoms with Crippen molar-refractivity contribution in [3.05, 3.63) is 113 Å². The van der Waals surface area contributed by atoms with Crippen LogP contribution in [0.5, 0.6) is 0 Å². The first-order valence-corrected chi connectivity index (χ1v) is 9.15. The molecule has 28 heavy (non-hydrogen) atoms. The van der Waals surface area contributed by atoms with Crippen LogP contribution in [0.4, 0.5) is 13.2 Å². The lowest BCUT2D eigenvalue weighted by Crippen LogP contribution is -2.22. The van der Waals surface area contributed by atoms with Crippen molar-refractivity contribution in [1.29, 1.82) is 0 Å². The Kier molecular flexibility index (Phi) is 6.66. The van der Waals surface area contributed by atoms with Gasteiger partial charge in [0.2, 0.25) is 0 Å². The summed E-state index contributed by atoms with van der Waals surface area (Å²) in [7, 11) is 0. The van der Waals surface area contributed by atoms with Crippen LogP contribution < -0.4 is 0 Å². The normalized spacial score (nSPS) is 12.0. The second kappa shape index (κ2) is 9.38. The average Bonchev–Trinajstić information content (AvgIpc) is 2.69. The monoisotopic (exact) mass is 381 g/mol. The predicted molar refractivity (Wildman–Crippen MR) is 107 cm³/mol. The van der Waals surface area contributed by atoms with E-state index in [0.29, 0.717) is 6.54 Å². The van der Waals surface area contributed by atoms with Crippen LogP contribution in [0.2, 0.25) is 0 Å². The second-order valence-corrected chi connectivity index (χ2v) is 6.66. The number of rotatable bonds is 7. The van der Waals surface area contributed by atoms with Crippen molar-refractivity contribution in [3.8, 4) is 0 Å². The van der Waals surface area contributed by atoms with E-state index in [9.17, 15) is 13.2 Å². The Balaban J connectivity index is 1.67. The third-order valence-corrected chi connectivity index (χ3v) is 4.41. The van der Waals surface area contributed by atoms with Crippen LogP contribution in [0.15, 0.2) is 91.0 Å². The fourth-order valence-corrected chi connectivity index (χ4v) is 2.99. The van der Waals surface area contributed by atoms with E-state index in [-0.39, 0.29) is 0 Å². The summed E-state index contributed by atoms with van der Waals surface area (Å²) in [5.41, 5.74) is 2.58. The summed E-state index contributed by atoms with van der Waals surface area (Å²) in [6, 6.07) is 25.7. The van der Waals surface area contributed by atoms with Crippen molar-refractivity contribution < 1.29 is 13.2 Å². The molecule has 0 spiro atoms. The maximum absolute atomic E-state index is 12.7.